The third-order valence-electron chi connectivity index (χ3n) is 12.0. The average Bonchev–Trinajstić information content (AvgIpc) is 3.37. The third kappa shape index (κ3) is 35.8. The summed E-state index contributed by atoms with van der Waals surface area (Å²) >= 11 is 0. The first-order valence-corrected chi connectivity index (χ1v) is 27.4. The average molecular weight is 992 g/mol. The molecule has 1 amide bonds. The molecule has 71 heavy (non-hydrogen) atoms. The van der Waals surface area contributed by atoms with Crippen LogP contribution >= 0.6 is 0 Å². The van der Waals surface area contributed by atoms with Gasteiger partial charge in [-0.15, -0.1) is 0 Å². The molecule has 6 N–H and O–H groups in total. The van der Waals surface area contributed by atoms with E-state index in [1.54, 1.807) is 6.08 Å². The zero-order valence-electron chi connectivity index (χ0n) is 44.0. The number of esters is 1. The van der Waals surface area contributed by atoms with Gasteiger partial charge in [-0.3, -0.25) is 9.59 Å². The highest BCUT2D eigenvalue weighted by Gasteiger charge is 2.47. The van der Waals surface area contributed by atoms with Crippen LogP contribution < -0.4 is 5.32 Å². The SMILES string of the molecule is CC/C=C/C=C/C=C\C=C/C=C/CCC(O)C(=O)NC(COC1OC(CO)C(O)C(O)C1OC(=O)CCCCC/C=C\C/C=C\C/C=C\C/C=C\CCCCC)C(O)/C=C/CCCCCCCCCCC. The van der Waals surface area contributed by atoms with Crippen molar-refractivity contribution in [3.63, 3.8) is 0 Å². The molecule has 1 heterocycles. The Morgan fingerprint density at radius 3 is 1.65 bits per heavy atom. The van der Waals surface area contributed by atoms with E-state index in [9.17, 15) is 35.1 Å². The molecule has 8 atom stereocenters. The molecule has 0 saturated carbocycles. The smallest absolute Gasteiger partial charge is 0.306 e. The molecule has 0 aliphatic carbocycles. The van der Waals surface area contributed by atoms with E-state index in [4.69, 9.17) is 14.2 Å². The summed E-state index contributed by atoms with van der Waals surface area (Å²) in [6.45, 7) is 5.49. The molecule has 11 heteroatoms. The lowest BCUT2D eigenvalue weighted by atomic mass is 9.99. The fourth-order valence-electron chi connectivity index (χ4n) is 7.60. The monoisotopic (exact) mass is 992 g/mol. The summed E-state index contributed by atoms with van der Waals surface area (Å²) in [5, 5.41) is 56.5. The number of aliphatic hydroxyl groups is 5. The fraction of sp³-hybridized carbons (Fsp3) is 0.633. The Balaban J connectivity index is 2.80. The molecule has 1 rings (SSSR count). The van der Waals surface area contributed by atoms with Crippen LogP contribution in [0.1, 0.15) is 181 Å². The lowest BCUT2D eigenvalue weighted by molar-refractivity contribution is -0.305. The standard InChI is InChI=1S/C60H97NO10/c1-4-7-10-13-16-19-22-24-25-26-27-28-29-30-33-36-39-42-45-48-55(65)71-58-57(67)56(66)54(49-62)70-60(58)69-50-51(52(63)46-43-40-37-34-31-21-18-15-12-9-6-3)61-59(68)53(64)47-44-41-38-35-32-23-20-17-14-11-8-5-2/h8,11,14,16-17,19-20,23-25,27-28,30,32-33,35,38,41,43,46,51-54,56-58,60,62-64,66-67H,4-7,9-10,12-13,15,18,21-22,26,29,31,34,36-37,39-40,42,44-45,47-50H2,1-3H3,(H,61,68)/b11-8+,17-14+,19-16-,23-20-,25-24-,28-27-,33-30-,35-32-,41-38+,46-43+. The van der Waals surface area contributed by atoms with Gasteiger partial charge in [0.25, 0.3) is 0 Å². The number of ether oxygens (including phenoxy) is 3. The van der Waals surface area contributed by atoms with Crippen LogP contribution in [0.3, 0.4) is 0 Å². The minimum atomic E-state index is -1.65. The Morgan fingerprint density at radius 2 is 1.07 bits per heavy atom. The van der Waals surface area contributed by atoms with E-state index in [1.807, 2.05) is 60.8 Å². The molecular weight excluding hydrogens is 895 g/mol. The Hall–Kier alpha value is -3.94. The number of aliphatic hydroxyl groups excluding tert-OH is 5. The van der Waals surface area contributed by atoms with Gasteiger partial charge in [0.15, 0.2) is 12.4 Å². The van der Waals surface area contributed by atoms with E-state index in [-0.39, 0.29) is 19.4 Å². The number of rotatable bonds is 43. The third-order valence-corrected chi connectivity index (χ3v) is 12.0. The number of hydrogen-bond donors (Lipinski definition) is 6. The van der Waals surface area contributed by atoms with E-state index in [0.717, 1.165) is 77.0 Å². The highest BCUT2D eigenvalue weighted by molar-refractivity contribution is 5.80. The predicted molar refractivity (Wildman–Crippen MR) is 291 cm³/mol. The van der Waals surface area contributed by atoms with Crippen LogP contribution in [0.15, 0.2) is 122 Å². The van der Waals surface area contributed by atoms with Gasteiger partial charge in [-0.25, -0.2) is 0 Å². The maximum atomic E-state index is 13.3. The number of hydrogen-bond acceptors (Lipinski definition) is 10. The summed E-state index contributed by atoms with van der Waals surface area (Å²) in [6.07, 6.45) is 54.1. The van der Waals surface area contributed by atoms with Crippen molar-refractivity contribution in [2.45, 2.75) is 230 Å². The summed E-state index contributed by atoms with van der Waals surface area (Å²) in [5.74, 6) is -1.32. The molecule has 1 aliphatic rings. The van der Waals surface area contributed by atoms with E-state index < -0.39 is 67.4 Å². The maximum absolute atomic E-state index is 13.3. The van der Waals surface area contributed by atoms with Gasteiger partial charge in [-0.2, -0.15) is 0 Å². The largest absolute Gasteiger partial charge is 0.454 e. The van der Waals surface area contributed by atoms with Crippen molar-refractivity contribution in [1.82, 2.24) is 5.32 Å². The molecule has 0 radical (unpaired) electrons. The second-order valence-electron chi connectivity index (χ2n) is 18.3. The van der Waals surface area contributed by atoms with Crippen molar-refractivity contribution in [3.8, 4) is 0 Å². The number of carbonyl (C=O) groups excluding carboxylic acids is 2. The number of amides is 1. The zero-order valence-corrected chi connectivity index (χ0v) is 44.0. The number of unbranched alkanes of at least 4 members (excludes halogenated alkanes) is 15. The highest BCUT2D eigenvalue weighted by atomic mass is 16.7. The topological polar surface area (TPSA) is 175 Å². The summed E-state index contributed by atoms with van der Waals surface area (Å²) in [4.78, 5) is 26.3. The van der Waals surface area contributed by atoms with Gasteiger partial charge in [0.2, 0.25) is 5.91 Å². The molecule has 8 unspecified atom stereocenters. The Kier molecular flexibility index (Phi) is 43.2. The number of nitrogens with one attached hydrogen (secondary N) is 1. The van der Waals surface area contributed by atoms with Gasteiger partial charge in [-0.1, -0.05) is 213 Å². The zero-order chi connectivity index (χ0) is 51.8. The Morgan fingerprint density at radius 1 is 0.577 bits per heavy atom. The van der Waals surface area contributed by atoms with Crippen molar-refractivity contribution in [2.75, 3.05) is 13.2 Å². The fourth-order valence-corrected chi connectivity index (χ4v) is 7.60. The van der Waals surface area contributed by atoms with Crippen LogP contribution in [0.25, 0.3) is 0 Å². The van der Waals surface area contributed by atoms with Crippen LogP contribution in [0, 0.1) is 0 Å². The molecule has 402 valence electrons. The molecule has 1 aliphatic heterocycles. The van der Waals surface area contributed by atoms with Gasteiger partial charge in [0.1, 0.15) is 24.4 Å². The first kappa shape index (κ1) is 65.1. The van der Waals surface area contributed by atoms with Crippen molar-refractivity contribution in [1.29, 1.82) is 0 Å². The summed E-state index contributed by atoms with van der Waals surface area (Å²) < 4.78 is 17.5. The van der Waals surface area contributed by atoms with Crippen LogP contribution in [0.4, 0.5) is 0 Å². The second kappa shape index (κ2) is 47.1. The van der Waals surface area contributed by atoms with Gasteiger partial charge in [0.05, 0.1) is 25.4 Å². The van der Waals surface area contributed by atoms with Gasteiger partial charge >= 0.3 is 5.97 Å². The van der Waals surface area contributed by atoms with Crippen molar-refractivity contribution in [3.05, 3.63) is 122 Å². The van der Waals surface area contributed by atoms with Gasteiger partial charge in [0, 0.05) is 6.42 Å². The van der Waals surface area contributed by atoms with Gasteiger partial charge < -0.3 is 45.1 Å². The van der Waals surface area contributed by atoms with Crippen molar-refractivity contribution >= 4 is 11.9 Å². The first-order valence-electron chi connectivity index (χ1n) is 27.4. The number of carbonyl (C=O) groups is 2. The molecule has 0 bridgehead atoms. The molecule has 1 saturated heterocycles. The molecule has 0 aromatic carbocycles. The van der Waals surface area contributed by atoms with Crippen molar-refractivity contribution in [2.24, 2.45) is 0 Å². The number of allylic oxidation sites excluding steroid dienone is 19. The minimum absolute atomic E-state index is 0.0699. The lowest BCUT2D eigenvalue weighted by Crippen LogP contribution is -2.61. The molecule has 1 fully saturated rings. The molecule has 0 aromatic heterocycles. The summed E-state index contributed by atoms with van der Waals surface area (Å²) in [5.41, 5.74) is 0. The van der Waals surface area contributed by atoms with Crippen LogP contribution in [0.2, 0.25) is 0 Å². The summed E-state index contributed by atoms with van der Waals surface area (Å²) in [7, 11) is 0. The maximum Gasteiger partial charge on any atom is 0.306 e. The second-order valence-corrected chi connectivity index (χ2v) is 18.3. The summed E-state index contributed by atoms with van der Waals surface area (Å²) in [6, 6.07) is -1.07. The van der Waals surface area contributed by atoms with Gasteiger partial charge in [-0.05, 0) is 83.5 Å². The van der Waals surface area contributed by atoms with E-state index in [2.05, 4.69) is 80.8 Å². The lowest BCUT2D eigenvalue weighted by Gasteiger charge is -2.41. The van der Waals surface area contributed by atoms with Crippen LogP contribution in [-0.2, 0) is 23.8 Å². The molecule has 11 nitrogen and oxygen atoms in total. The molecular formula is C60H97NO10. The normalized spacial score (nSPS) is 20.6. The Bertz CT molecular complexity index is 1610. The quantitative estimate of drug-likeness (QED) is 0.0149. The first-order chi connectivity index (χ1) is 34.7. The van der Waals surface area contributed by atoms with E-state index >= 15 is 0 Å². The highest BCUT2D eigenvalue weighted by Crippen LogP contribution is 2.26. The molecule has 0 spiro atoms. The van der Waals surface area contributed by atoms with Crippen molar-refractivity contribution < 1.29 is 49.3 Å². The van der Waals surface area contributed by atoms with E-state index in [0.29, 0.717) is 12.8 Å². The van der Waals surface area contributed by atoms with E-state index in [1.165, 1.54) is 57.8 Å². The minimum Gasteiger partial charge on any atom is -0.454 e. The Labute approximate surface area is 430 Å². The van der Waals surface area contributed by atoms with Crippen LogP contribution in [0.5, 0.6) is 0 Å². The molecule has 0 aromatic rings. The van der Waals surface area contributed by atoms with Crippen LogP contribution in [-0.4, -0.2) is 99.6 Å². The predicted octanol–water partition coefficient (Wildman–Crippen LogP) is 11.9.